The second-order valence-corrected chi connectivity index (χ2v) is 9.45. The molecule has 1 atom stereocenters. The van der Waals surface area contributed by atoms with Gasteiger partial charge < -0.3 is 10.5 Å². The Kier molecular flexibility index (Phi) is 4.79. The summed E-state index contributed by atoms with van der Waals surface area (Å²) in [7, 11) is -2.83. The van der Waals surface area contributed by atoms with Gasteiger partial charge in [0.25, 0.3) is 0 Å². The van der Waals surface area contributed by atoms with Crippen LogP contribution in [0, 0.1) is 5.92 Å². The minimum Gasteiger partial charge on any atom is -0.494 e. The van der Waals surface area contributed by atoms with Gasteiger partial charge in [0.2, 0.25) is 0 Å². The molecule has 1 unspecified atom stereocenters. The fourth-order valence-electron chi connectivity index (χ4n) is 3.75. The van der Waals surface area contributed by atoms with E-state index in [9.17, 15) is 8.42 Å². The number of fused-ring (bicyclic) bond motifs is 1. The van der Waals surface area contributed by atoms with E-state index in [1.165, 1.54) is 0 Å². The standard InChI is InChI=1S/C22H23NO3S/c23-19-6-3-5-17(12-19)22-14-20(13-18-4-1-2-7-21(18)22)26-10-8-16-9-11-27(24,25)15-16/h1-7,12-14,16H,8-11,15,23H2. The molecule has 1 aliphatic heterocycles. The van der Waals surface area contributed by atoms with Crippen LogP contribution in [-0.2, 0) is 9.84 Å². The lowest BCUT2D eigenvalue weighted by Gasteiger charge is -2.14. The maximum Gasteiger partial charge on any atom is 0.150 e. The van der Waals surface area contributed by atoms with E-state index in [0.29, 0.717) is 18.1 Å². The predicted molar refractivity (Wildman–Crippen MR) is 111 cm³/mol. The van der Waals surface area contributed by atoms with Gasteiger partial charge >= 0.3 is 0 Å². The van der Waals surface area contributed by atoms with Crippen molar-refractivity contribution in [3.05, 3.63) is 60.7 Å². The Balaban J connectivity index is 1.58. The first-order valence-electron chi connectivity index (χ1n) is 9.22. The van der Waals surface area contributed by atoms with Crippen molar-refractivity contribution in [2.45, 2.75) is 12.8 Å². The smallest absolute Gasteiger partial charge is 0.150 e. The van der Waals surface area contributed by atoms with Crippen molar-refractivity contribution in [2.75, 3.05) is 23.8 Å². The van der Waals surface area contributed by atoms with E-state index >= 15 is 0 Å². The molecule has 1 aliphatic rings. The quantitative estimate of drug-likeness (QED) is 0.669. The molecule has 27 heavy (non-hydrogen) atoms. The third-order valence-corrected chi connectivity index (χ3v) is 6.99. The Morgan fingerprint density at radius 1 is 1.04 bits per heavy atom. The van der Waals surface area contributed by atoms with Crippen molar-refractivity contribution in [3.8, 4) is 16.9 Å². The van der Waals surface area contributed by atoms with Gasteiger partial charge in [-0.15, -0.1) is 0 Å². The van der Waals surface area contributed by atoms with Gasteiger partial charge in [-0.1, -0.05) is 36.4 Å². The summed E-state index contributed by atoms with van der Waals surface area (Å²) in [5.41, 5.74) is 8.83. The Labute approximate surface area is 159 Å². The normalized spacial score (nSPS) is 18.6. The van der Waals surface area contributed by atoms with Gasteiger partial charge in [0.05, 0.1) is 18.1 Å². The predicted octanol–water partition coefficient (Wildman–Crippen LogP) is 4.29. The molecule has 140 valence electrons. The molecule has 1 heterocycles. The van der Waals surface area contributed by atoms with Crippen molar-refractivity contribution in [2.24, 2.45) is 5.92 Å². The van der Waals surface area contributed by atoms with Gasteiger partial charge in [-0.05, 0) is 64.9 Å². The van der Waals surface area contributed by atoms with Crippen molar-refractivity contribution < 1.29 is 13.2 Å². The summed E-state index contributed by atoms with van der Waals surface area (Å²) in [5, 5.41) is 2.26. The van der Waals surface area contributed by atoms with Gasteiger partial charge in [-0.25, -0.2) is 8.42 Å². The van der Waals surface area contributed by atoms with Gasteiger partial charge in [0, 0.05) is 5.69 Å². The number of hydrogen-bond acceptors (Lipinski definition) is 4. The molecule has 3 aromatic carbocycles. The zero-order valence-electron chi connectivity index (χ0n) is 15.1. The lowest BCUT2D eigenvalue weighted by molar-refractivity contribution is 0.286. The zero-order chi connectivity index (χ0) is 18.9. The average Bonchev–Trinajstić information content (AvgIpc) is 3.00. The molecule has 0 spiro atoms. The van der Waals surface area contributed by atoms with Crippen LogP contribution in [0.3, 0.4) is 0 Å². The van der Waals surface area contributed by atoms with Gasteiger partial charge in [0.1, 0.15) is 5.75 Å². The molecule has 3 aromatic rings. The van der Waals surface area contributed by atoms with Crippen LogP contribution < -0.4 is 10.5 Å². The molecule has 5 heteroatoms. The molecule has 0 aromatic heterocycles. The van der Waals surface area contributed by atoms with E-state index < -0.39 is 9.84 Å². The molecule has 0 bridgehead atoms. The first kappa shape index (κ1) is 17.9. The maximum atomic E-state index is 11.6. The number of benzene rings is 3. The van der Waals surface area contributed by atoms with Crippen molar-refractivity contribution in [1.29, 1.82) is 0 Å². The molecule has 1 fully saturated rings. The zero-order valence-corrected chi connectivity index (χ0v) is 15.9. The van der Waals surface area contributed by atoms with Crippen LogP contribution in [0.15, 0.2) is 60.7 Å². The average molecular weight is 381 g/mol. The Morgan fingerprint density at radius 3 is 2.67 bits per heavy atom. The first-order valence-corrected chi connectivity index (χ1v) is 11.0. The highest BCUT2D eigenvalue weighted by Gasteiger charge is 2.27. The highest BCUT2D eigenvalue weighted by molar-refractivity contribution is 7.91. The van der Waals surface area contributed by atoms with Crippen molar-refractivity contribution in [3.63, 3.8) is 0 Å². The third-order valence-electron chi connectivity index (χ3n) is 5.15. The van der Waals surface area contributed by atoms with Crippen molar-refractivity contribution in [1.82, 2.24) is 0 Å². The second-order valence-electron chi connectivity index (χ2n) is 7.22. The summed E-state index contributed by atoms with van der Waals surface area (Å²) in [6, 6.07) is 20.1. The fourth-order valence-corrected chi connectivity index (χ4v) is 5.67. The van der Waals surface area contributed by atoms with Crippen LogP contribution in [0.1, 0.15) is 12.8 Å². The number of hydrogen-bond donors (Lipinski definition) is 1. The monoisotopic (exact) mass is 381 g/mol. The van der Waals surface area contributed by atoms with E-state index in [-0.39, 0.29) is 5.92 Å². The van der Waals surface area contributed by atoms with Crippen LogP contribution in [0.2, 0.25) is 0 Å². The third kappa shape index (κ3) is 4.08. The summed E-state index contributed by atoms with van der Waals surface area (Å²) >= 11 is 0. The topological polar surface area (TPSA) is 69.4 Å². The molecule has 0 aliphatic carbocycles. The number of ether oxygens (including phenoxy) is 1. The first-order chi connectivity index (χ1) is 13.0. The summed E-state index contributed by atoms with van der Waals surface area (Å²) in [6.07, 6.45) is 1.51. The fraction of sp³-hybridized carbons (Fsp3) is 0.273. The largest absolute Gasteiger partial charge is 0.494 e. The molecule has 1 saturated heterocycles. The second kappa shape index (κ2) is 7.24. The summed E-state index contributed by atoms with van der Waals surface area (Å²) in [5.74, 6) is 1.62. The summed E-state index contributed by atoms with van der Waals surface area (Å²) < 4.78 is 29.2. The molecule has 4 nitrogen and oxygen atoms in total. The van der Waals surface area contributed by atoms with E-state index in [2.05, 4.69) is 12.1 Å². The lowest BCUT2D eigenvalue weighted by Crippen LogP contribution is -2.09. The van der Waals surface area contributed by atoms with Crippen LogP contribution in [0.4, 0.5) is 5.69 Å². The van der Waals surface area contributed by atoms with E-state index in [4.69, 9.17) is 10.5 Å². The highest BCUT2D eigenvalue weighted by Crippen LogP contribution is 2.34. The number of anilines is 1. The van der Waals surface area contributed by atoms with Crippen LogP contribution in [-0.4, -0.2) is 26.5 Å². The molecular formula is C22H23NO3S. The highest BCUT2D eigenvalue weighted by atomic mass is 32.2. The molecule has 2 N–H and O–H groups in total. The summed E-state index contributed by atoms with van der Waals surface area (Å²) in [4.78, 5) is 0. The van der Waals surface area contributed by atoms with Gasteiger partial charge in [-0.3, -0.25) is 0 Å². The van der Waals surface area contributed by atoms with Crippen molar-refractivity contribution >= 4 is 26.3 Å². The van der Waals surface area contributed by atoms with Crippen LogP contribution in [0.25, 0.3) is 21.9 Å². The number of sulfone groups is 1. The SMILES string of the molecule is Nc1cccc(-c2cc(OCCC3CCS(=O)(=O)C3)cc3ccccc23)c1. The van der Waals surface area contributed by atoms with Gasteiger partial charge in [-0.2, -0.15) is 0 Å². The minimum atomic E-state index is -2.83. The van der Waals surface area contributed by atoms with Crippen LogP contribution >= 0.6 is 0 Å². The molecule has 4 rings (SSSR count). The van der Waals surface area contributed by atoms with E-state index in [1.54, 1.807) is 0 Å². The van der Waals surface area contributed by atoms with Gasteiger partial charge in [0.15, 0.2) is 9.84 Å². The number of nitrogens with two attached hydrogens (primary N) is 1. The Bertz CT molecular complexity index is 1080. The van der Waals surface area contributed by atoms with E-state index in [0.717, 1.165) is 46.2 Å². The molecule has 0 saturated carbocycles. The Morgan fingerprint density at radius 2 is 1.89 bits per heavy atom. The molecular weight excluding hydrogens is 358 g/mol. The van der Waals surface area contributed by atoms with Crippen LogP contribution in [0.5, 0.6) is 5.75 Å². The van der Waals surface area contributed by atoms with E-state index in [1.807, 2.05) is 48.5 Å². The summed E-state index contributed by atoms with van der Waals surface area (Å²) in [6.45, 7) is 0.523. The number of nitrogen functional groups attached to an aromatic ring is 1. The molecule has 0 radical (unpaired) electrons. The maximum absolute atomic E-state index is 11.6. The molecule has 0 amide bonds. The Hall–Kier alpha value is -2.53. The minimum absolute atomic E-state index is 0.212. The lowest BCUT2D eigenvalue weighted by atomic mass is 9.97. The number of rotatable bonds is 5.